The second-order valence-electron chi connectivity index (χ2n) is 3.85. The van der Waals surface area contributed by atoms with E-state index in [1.165, 1.54) is 37.2 Å². The van der Waals surface area contributed by atoms with Crippen molar-refractivity contribution in [3.8, 4) is 5.69 Å². The van der Waals surface area contributed by atoms with Crippen molar-refractivity contribution in [2.24, 2.45) is 0 Å². The molecule has 100 valence electrons. The van der Waals surface area contributed by atoms with Gasteiger partial charge in [0.2, 0.25) is 0 Å². The van der Waals surface area contributed by atoms with Crippen molar-refractivity contribution in [1.29, 1.82) is 0 Å². The van der Waals surface area contributed by atoms with Gasteiger partial charge in [-0.3, -0.25) is 0 Å². The third-order valence-electron chi connectivity index (χ3n) is 2.55. The number of halogens is 1. The Labute approximate surface area is 108 Å². The van der Waals surface area contributed by atoms with Crippen LogP contribution in [0.25, 0.3) is 5.69 Å². The minimum Gasteiger partial charge on any atom is -0.463 e. The van der Waals surface area contributed by atoms with Crippen molar-refractivity contribution in [2.45, 2.75) is 13.0 Å². The number of benzene rings is 1. The molecule has 0 bridgehead atoms. The van der Waals surface area contributed by atoms with Crippen LogP contribution in [0, 0.1) is 5.82 Å². The molecule has 0 aliphatic heterocycles. The topological polar surface area (TPSA) is 77.2 Å². The summed E-state index contributed by atoms with van der Waals surface area (Å²) in [5, 5.41) is 13.5. The van der Waals surface area contributed by atoms with E-state index in [0.29, 0.717) is 5.69 Å². The second-order valence-corrected chi connectivity index (χ2v) is 3.85. The summed E-state index contributed by atoms with van der Waals surface area (Å²) in [7, 11) is 1.21. The van der Waals surface area contributed by atoms with Crippen LogP contribution < -0.4 is 0 Å². The van der Waals surface area contributed by atoms with Gasteiger partial charge in [-0.25, -0.2) is 18.9 Å². The zero-order valence-electron chi connectivity index (χ0n) is 10.4. The average Bonchev–Trinajstić information content (AvgIpc) is 2.86. The zero-order chi connectivity index (χ0) is 14.0. The normalized spacial score (nSPS) is 12.2. The Hall–Kier alpha value is -2.28. The lowest BCUT2D eigenvalue weighted by molar-refractivity contribution is 0.0587. The van der Waals surface area contributed by atoms with Crippen LogP contribution in [-0.2, 0) is 4.74 Å². The summed E-state index contributed by atoms with van der Waals surface area (Å²) in [5.74, 6) is -1.38. The fourth-order valence-corrected chi connectivity index (χ4v) is 1.70. The molecule has 7 heteroatoms. The number of carbonyl (C=O) groups is 1. The molecular formula is C12H12FN3O3. The van der Waals surface area contributed by atoms with Crippen molar-refractivity contribution in [1.82, 2.24) is 14.8 Å². The van der Waals surface area contributed by atoms with E-state index in [2.05, 4.69) is 14.8 Å². The molecule has 0 aliphatic carbocycles. The monoisotopic (exact) mass is 265 g/mol. The number of aliphatic hydroxyl groups is 1. The number of hydrogen-bond acceptors (Lipinski definition) is 5. The van der Waals surface area contributed by atoms with Crippen LogP contribution >= 0.6 is 0 Å². The molecule has 6 nitrogen and oxygen atoms in total. The maximum Gasteiger partial charge on any atom is 0.377 e. The molecular weight excluding hydrogens is 253 g/mol. The number of aromatic nitrogens is 3. The van der Waals surface area contributed by atoms with E-state index in [4.69, 9.17) is 0 Å². The molecule has 0 fully saturated rings. The van der Waals surface area contributed by atoms with E-state index in [9.17, 15) is 14.3 Å². The van der Waals surface area contributed by atoms with Gasteiger partial charge >= 0.3 is 5.97 Å². The molecule has 0 saturated heterocycles. The van der Waals surface area contributed by atoms with Gasteiger partial charge in [0.25, 0.3) is 5.82 Å². The Bertz CT molecular complexity index is 610. The Morgan fingerprint density at radius 3 is 2.89 bits per heavy atom. The lowest BCUT2D eigenvalue weighted by Gasteiger charge is -2.12. The average molecular weight is 265 g/mol. The first-order valence-electron chi connectivity index (χ1n) is 5.51. The van der Waals surface area contributed by atoms with Crippen LogP contribution in [0.1, 0.15) is 29.2 Å². The molecule has 2 aromatic rings. The zero-order valence-corrected chi connectivity index (χ0v) is 10.4. The molecule has 2 rings (SSSR count). The summed E-state index contributed by atoms with van der Waals surface area (Å²) in [6.45, 7) is 1.44. The Kier molecular flexibility index (Phi) is 3.57. The molecule has 0 radical (unpaired) electrons. The lowest BCUT2D eigenvalue weighted by Crippen LogP contribution is -2.08. The number of esters is 1. The van der Waals surface area contributed by atoms with E-state index < -0.39 is 17.9 Å². The molecule has 19 heavy (non-hydrogen) atoms. The fraction of sp³-hybridized carbons (Fsp3) is 0.250. The maximum absolute atomic E-state index is 13.7. The predicted octanol–water partition coefficient (Wildman–Crippen LogP) is 1.25. The number of nitrogens with zero attached hydrogens (tertiary/aromatic N) is 3. The first kappa shape index (κ1) is 13.2. The molecule has 1 N–H and O–H groups in total. The standard InChI is InChI=1S/C12H12FN3O3/c1-7(17)10-8(13)4-3-5-9(10)16-6-14-11(15-16)12(18)19-2/h3-7,17H,1-2H3/t7-/m0/s1. The van der Waals surface area contributed by atoms with E-state index in [-0.39, 0.29) is 11.4 Å². The highest BCUT2D eigenvalue weighted by Crippen LogP contribution is 2.23. The van der Waals surface area contributed by atoms with E-state index in [1.807, 2.05) is 0 Å². The SMILES string of the molecule is COC(=O)c1ncn(-c2cccc(F)c2[C@H](C)O)n1. The molecule has 0 unspecified atom stereocenters. The van der Waals surface area contributed by atoms with Gasteiger partial charge < -0.3 is 9.84 Å². The molecule has 1 atom stereocenters. The van der Waals surface area contributed by atoms with Crippen LogP contribution in [0.2, 0.25) is 0 Å². The molecule has 0 saturated carbocycles. The maximum atomic E-state index is 13.7. The van der Waals surface area contributed by atoms with Gasteiger partial charge in [-0.05, 0) is 19.1 Å². The summed E-state index contributed by atoms with van der Waals surface area (Å²) in [6.07, 6.45) is 0.245. The van der Waals surface area contributed by atoms with Gasteiger partial charge in [0, 0.05) is 5.56 Å². The van der Waals surface area contributed by atoms with Crippen molar-refractivity contribution < 1.29 is 19.0 Å². The highest BCUT2D eigenvalue weighted by atomic mass is 19.1. The highest BCUT2D eigenvalue weighted by Gasteiger charge is 2.18. The van der Waals surface area contributed by atoms with Crippen LogP contribution in [-0.4, -0.2) is 33.0 Å². The first-order chi connectivity index (χ1) is 9.04. The second kappa shape index (κ2) is 5.15. The van der Waals surface area contributed by atoms with Gasteiger partial charge in [0.1, 0.15) is 12.1 Å². The summed E-state index contributed by atoms with van der Waals surface area (Å²) in [6, 6.07) is 4.29. The summed E-state index contributed by atoms with van der Waals surface area (Å²) < 4.78 is 19.4. The fourth-order valence-electron chi connectivity index (χ4n) is 1.70. The van der Waals surface area contributed by atoms with Crippen LogP contribution in [0.3, 0.4) is 0 Å². The highest BCUT2D eigenvalue weighted by molar-refractivity contribution is 5.84. The summed E-state index contributed by atoms with van der Waals surface area (Å²) >= 11 is 0. The van der Waals surface area contributed by atoms with Crippen molar-refractivity contribution in [3.05, 3.63) is 41.7 Å². The minimum absolute atomic E-state index is 0.0869. The van der Waals surface area contributed by atoms with Crippen LogP contribution in [0.4, 0.5) is 4.39 Å². The van der Waals surface area contributed by atoms with E-state index in [1.54, 1.807) is 6.07 Å². The third kappa shape index (κ3) is 2.45. The minimum atomic E-state index is -1.01. The summed E-state index contributed by atoms with van der Waals surface area (Å²) in [4.78, 5) is 15.0. The lowest BCUT2D eigenvalue weighted by atomic mass is 10.1. The number of hydrogen-bond donors (Lipinski definition) is 1. The third-order valence-corrected chi connectivity index (χ3v) is 2.55. The Balaban J connectivity index is 2.50. The Morgan fingerprint density at radius 1 is 1.53 bits per heavy atom. The van der Waals surface area contributed by atoms with Gasteiger partial charge in [-0.15, -0.1) is 5.10 Å². The molecule has 1 aromatic carbocycles. The summed E-state index contributed by atoms with van der Waals surface area (Å²) in [5.41, 5.74) is 0.404. The number of carbonyl (C=O) groups excluding carboxylic acids is 1. The van der Waals surface area contributed by atoms with E-state index in [0.717, 1.165) is 0 Å². The van der Waals surface area contributed by atoms with E-state index >= 15 is 0 Å². The largest absolute Gasteiger partial charge is 0.463 e. The molecule has 1 heterocycles. The van der Waals surface area contributed by atoms with Gasteiger partial charge in [-0.1, -0.05) is 6.07 Å². The molecule has 0 amide bonds. The number of rotatable bonds is 3. The molecule has 0 aliphatic rings. The van der Waals surface area contributed by atoms with Crippen molar-refractivity contribution in [3.63, 3.8) is 0 Å². The van der Waals surface area contributed by atoms with Crippen molar-refractivity contribution in [2.75, 3.05) is 7.11 Å². The predicted molar refractivity (Wildman–Crippen MR) is 63.3 cm³/mol. The quantitative estimate of drug-likeness (QED) is 0.845. The Morgan fingerprint density at radius 2 is 2.26 bits per heavy atom. The number of ether oxygens (including phenoxy) is 1. The first-order valence-corrected chi connectivity index (χ1v) is 5.51. The smallest absolute Gasteiger partial charge is 0.377 e. The number of aliphatic hydroxyl groups excluding tert-OH is 1. The molecule has 0 spiro atoms. The van der Waals surface area contributed by atoms with Gasteiger partial charge in [0.15, 0.2) is 0 Å². The number of methoxy groups -OCH3 is 1. The van der Waals surface area contributed by atoms with Crippen LogP contribution in [0.15, 0.2) is 24.5 Å². The van der Waals surface area contributed by atoms with Gasteiger partial charge in [0.05, 0.1) is 18.9 Å². The van der Waals surface area contributed by atoms with Gasteiger partial charge in [-0.2, -0.15) is 0 Å². The van der Waals surface area contributed by atoms with Crippen LogP contribution in [0.5, 0.6) is 0 Å². The van der Waals surface area contributed by atoms with Crippen molar-refractivity contribution >= 4 is 5.97 Å². The molecule has 1 aromatic heterocycles.